The summed E-state index contributed by atoms with van der Waals surface area (Å²) in [6, 6.07) is 0. The molecule has 0 aromatic rings. The van der Waals surface area contributed by atoms with Gasteiger partial charge in [-0.1, -0.05) is 13.5 Å². The zero-order chi connectivity index (χ0) is 9.80. The van der Waals surface area contributed by atoms with Crippen molar-refractivity contribution in [2.75, 3.05) is 0 Å². The second kappa shape index (κ2) is 2.23. The highest BCUT2D eigenvalue weighted by molar-refractivity contribution is 5.87. The third-order valence-electron chi connectivity index (χ3n) is 2.73. The summed E-state index contributed by atoms with van der Waals surface area (Å²) >= 11 is 0. The zero-order valence-corrected chi connectivity index (χ0v) is 7.38. The van der Waals surface area contributed by atoms with Gasteiger partial charge in [-0.05, 0) is 12.3 Å². The Kier molecular flexibility index (Phi) is 1.46. The number of fused-ring (bicyclic) bond motifs is 1. The van der Waals surface area contributed by atoms with E-state index in [1.165, 1.54) is 4.90 Å². The molecule has 0 saturated carbocycles. The first-order chi connectivity index (χ1) is 5.94. The minimum atomic E-state index is -2.41. The van der Waals surface area contributed by atoms with Crippen LogP contribution in [0.25, 0.3) is 0 Å². The molecule has 3 N–H and O–H groups in total. The van der Waals surface area contributed by atoms with Crippen molar-refractivity contribution in [2.45, 2.75) is 25.4 Å². The van der Waals surface area contributed by atoms with Crippen molar-refractivity contribution < 1.29 is 9.18 Å². The fraction of sp³-hybridized carbons (Fsp3) is 0.625. The first-order valence-corrected chi connectivity index (χ1v) is 4.21. The van der Waals surface area contributed by atoms with Gasteiger partial charge in [-0.3, -0.25) is 10.5 Å². The molecule has 2 heterocycles. The Morgan fingerprint density at radius 3 is 3.00 bits per heavy atom. The van der Waals surface area contributed by atoms with Crippen LogP contribution in [0.1, 0.15) is 13.3 Å². The van der Waals surface area contributed by atoms with Crippen molar-refractivity contribution >= 4 is 5.91 Å². The second-order valence-electron chi connectivity index (χ2n) is 3.66. The van der Waals surface area contributed by atoms with Gasteiger partial charge in [0.1, 0.15) is 6.17 Å². The van der Waals surface area contributed by atoms with Gasteiger partial charge in [0.25, 0.3) is 5.91 Å². The van der Waals surface area contributed by atoms with Crippen molar-refractivity contribution in [1.82, 2.24) is 10.2 Å². The Labute approximate surface area is 75.6 Å². The van der Waals surface area contributed by atoms with E-state index in [0.29, 0.717) is 12.1 Å². The molecule has 2 rings (SSSR count). The number of nitrogens with one attached hydrogen (secondary N) is 1. The summed E-state index contributed by atoms with van der Waals surface area (Å²) in [5.41, 5.74) is 5.84. The van der Waals surface area contributed by atoms with Gasteiger partial charge in [0.15, 0.2) is 0 Å². The molecular formula is C8H12FN3O. The molecular weight excluding hydrogens is 173 g/mol. The Hall–Kier alpha value is -1.10. The Bertz CT molecular complexity index is 289. The van der Waals surface area contributed by atoms with E-state index in [2.05, 4.69) is 11.9 Å². The van der Waals surface area contributed by atoms with E-state index in [4.69, 9.17) is 5.73 Å². The molecule has 0 spiro atoms. The Morgan fingerprint density at radius 1 is 1.85 bits per heavy atom. The van der Waals surface area contributed by atoms with Crippen LogP contribution in [0.2, 0.25) is 0 Å². The predicted octanol–water partition coefficient (Wildman–Crippen LogP) is -0.120. The molecule has 0 radical (unpaired) electrons. The molecule has 0 aliphatic carbocycles. The number of hydrogen-bond donors (Lipinski definition) is 2. The number of halogens is 1. The SMILES string of the molecule is C=C1[C@@H](C)CC2NC(=O)[C@](N)(F)N12. The van der Waals surface area contributed by atoms with Gasteiger partial charge in [0, 0.05) is 5.70 Å². The topological polar surface area (TPSA) is 58.4 Å². The van der Waals surface area contributed by atoms with Crippen molar-refractivity contribution in [1.29, 1.82) is 0 Å². The average Bonchev–Trinajstić information content (AvgIpc) is 2.37. The molecule has 0 aromatic carbocycles. The Morgan fingerprint density at radius 2 is 2.46 bits per heavy atom. The van der Waals surface area contributed by atoms with Gasteiger partial charge >= 0.3 is 5.92 Å². The summed E-state index contributed by atoms with van der Waals surface area (Å²) in [5, 5.41) is 2.49. The summed E-state index contributed by atoms with van der Waals surface area (Å²) in [5.74, 6) is -3.01. The molecule has 3 atom stereocenters. The van der Waals surface area contributed by atoms with Crippen molar-refractivity contribution in [2.24, 2.45) is 11.7 Å². The summed E-state index contributed by atoms with van der Waals surface area (Å²) in [6.07, 6.45) is 0.359. The van der Waals surface area contributed by atoms with Crippen molar-refractivity contribution in [3.05, 3.63) is 12.3 Å². The zero-order valence-electron chi connectivity index (χ0n) is 7.38. The second-order valence-corrected chi connectivity index (χ2v) is 3.66. The standard InChI is InChI=1S/C8H12FN3O/c1-4-3-6-11-7(13)8(9,10)12(6)5(4)2/h4,6H,2-3,10H2,1H3,(H,11,13)/t4-,6?,8+/m0/s1. The Balaban J connectivity index is 2.36. The molecule has 1 unspecified atom stereocenters. The fourth-order valence-corrected chi connectivity index (χ4v) is 1.94. The van der Waals surface area contributed by atoms with Gasteiger partial charge in [-0.25, -0.2) is 0 Å². The third-order valence-corrected chi connectivity index (χ3v) is 2.73. The van der Waals surface area contributed by atoms with E-state index in [-0.39, 0.29) is 12.1 Å². The van der Waals surface area contributed by atoms with Crippen LogP contribution in [0.15, 0.2) is 12.3 Å². The van der Waals surface area contributed by atoms with Crippen molar-refractivity contribution in [3.63, 3.8) is 0 Å². The largest absolute Gasteiger partial charge is 0.330 e. The van der Waals surface area contributed by atoms with Crippen LogP contribution in [-0.2, 0) is 4.79 Å². The monoisotopic (exact) mass is 185 g/mol. The molecule has 5 heteroatoms. The minimum Gasteiger partial charge on any atom is -0.330 e. The number of nitrogens with two attached hydrogens (primary N) is 1. The van der Waals surface area contributed by atoms with Gasteiger partial charge in [-0.2, -0.15) is 4.39 Å². The first kappa shape index (κ1) is 8.50. The van der Waals surface area contributed by atoms with Crippen LogP contribution in [0.4, 0.5) is 4.39 Å². The van der Waals surface area contributed by atoms with E-state index >= 15 is 0 Å². The molecule has 2 saturated heterocycles. The lowest BCUT2D eigenvalue weighted by Gasteiger charge is -2.26. The predicted molar refractivity (Wildman–Crippen MR) is 44.7 cm³/mol. The highest BCUT2D eigenvalue weighted by Crippen LogP contribution is 2.38. The quantitative estimate of drug-likeness (QED) is 0.517. The number of carbonyl (C=O) groups excluding carboxylic acids is 1. The molecule has 2 aliphatic rings. The lowest BCUT2D eigenvalue weighted by molar-refractivity contribution is -0.134. The molecule has 1 amide bonds. The maximum absolute atomic E-state index is 13.6. The molecule has 2 fully saturated rings. The molecule has 13 heavy (non-hydrogen) atoms. The number of amides is 1. The highest BCUT2D eigenvalue weighted by atomic mass is 19.1. The first-order valence-electron chi connectivity index (χ1n) is 4.21. The molecule has 0 aromatic heterocycles. The number of alkyl halides is 1. The maximum atomic E-state index is 13.6. The van der Waals surface area contributed by atoms with Crippen LogP contribution < -0.4 is 11.1 Å². The van der Waals surface area contributed by atoms with Gasteiger partial charge in [0.2, 0.25) is 0 Å². The number of nitrogens with zero attached hydrogens (tertiary/aromatic N) is 1. The van der Waals surface area contributed by atoms with Crippen LogP contribution in [0.3, 0.4) is 0 Å². The molecule has 2 aliphatic heterocycles. The smallest absolute Gasteiger partial charge is 0.316 e. The lowest BCUT2D eigenvalue weighted by Crippen LogP contribution is -2.52. The lowest BCUT2D eigenvalue weighted by atomic mass is 10.1. The van der Waals surface area contributed by atoms with Gasteiger partial charge < -0.3 is 10.2 Å². The normalized spacial score (nSPS) is 43.8. The molecule has 0 bridgehead atoms. The van der Waals surface area contributed by atoms with E-state index in [9.17, 15) is 9.18 Å². The van der Waals surface area contributed by atoms with Gasteiger partial charge in [0.05, 0.1) is 0 Å². The summed E-state index contributed by atoms with van der Waals surface area (Å²) in [7, 11) is 0. The van der Waals surface area contributed by atoms with Crippen LogP contribution in [0, 0.1) is 5.92 Å². The average molecular weight is 185 g/mol. The van der Waals surface area contributed by atoms with E-state index < -0.39 is 11.8 Å². The van der Waals surface area contributed by atoms with Crippen LogP contribution in [0.5, 0.6) is 0 Å². The van der Waals surface area contributed by atoms with Crippen LogP contribution >= 0.6 is 0 Å². The number of hydrogen-bond acceptors (Lipinski definition) is 3. The van der Waals surface area contributed by atoms with E-state index in [1.54, 1.807) is 0 Å². The van der Waals surface area contributed by atoms with E-state index in [0.717, 1.165) is 0 Å². The maximum Gasteiger partial charge on any atom is 0.316 e. The summed E-state index contributed by atoms with van der Waals surface area (Å²) < 4.78 is 13.6. The van der Waals surface area contributed by atoms with E-state index in [1.807, 2.05) is 6.92 Å². The highest BCUT2D eigenvalue weighted by Gasteiger charge is 2.55. The molecule has 72 valence electrons. The summed E-state index contributed by atoms with van der Waals surface area (Å²) in [4.78, 5) is 12.3. The fourth-order valence-electron chi connectivity index (χ4n) is 1.94. The third kappa shape index (κ3) is 0.904. The minimum absolute atomic E-state index is 0.171. The number of allylic oxidation sites excluding steroid dienone is 1. The number of carbonyl (C=O) groups is 1. The molecule has 4 nitrogen and oxygen atoms in total. The van der Waals surface area contributed by atoms with Gasteiger partial charge in [-0.15, -0.1) is 0 Å². The van der Waals surface area contributed by atoms with Crippen molar-refractivity contribution in [3.8, 4) is 0 Å². The number of rotatable bonds is 0. The van der Waals surface area contributed by atoms with Crippen LogP contribution in [-0.4, -0.2) is 22.9 Å². The summed E-state index contributed by atoms with van der Waals surface area (Å²) in [6.45, 7) is 5.66.